The predicted octanol–water partition coefficient (Wildman–Crippen LogP) is -0.00470. The van der Waals surface area contributed by atoms with Crippen molar-refractivity contribution in [2.75, 3.05) is 46.3 Å². The van der Waals surface area contributed by atoms with Crippen LogP contribution >= 0.6 is 0 Å². The van der Waals surface area contributed by atoms with Gasteiger partial charge in [0, 0.05) is 39.3 Å². The van der Waals surface area contributed by atoms with E-state index in [9.17, 15) is 4.79 Å². The highest BCUT2D eigenvalue weighted by Crippen LogP contribution is 2.00. The second kappa shape index (κ2) is 6.93. The van der Waals surface area contributed by atoms with Crippen molar-refractivity contribution in [3.63, 3.8) is 0 Å². The third-order valence-corrected chi connectivity index (χ3v) is 3.33. The van der Waals surface area contributed by atoms with E-state index in [2.05, 4.69) is 22.4 Å². The second-order valence-corrected chi connectivity index (χ2v) is 4.65. The highest BCUT2D eigenvalue weighted by atomic mass is 16.2. The lowest BCUT2D eigenvalue weighted by atomic mass is 10.3. The van der Waals surface area contributed by atoms with E-state index in [1.54, 1.807) is 0 Å². The molecule has 0 aromatic carbocycles. The molecule has 5 heteroatoms. The molecule has 1 fully saturated rings. The second-order valence-electron chi connectivity index (χ2n) is 4.65. The van der Waals surface area contributed by atoms with Crippen LogP contribution in [0.15, 0.2) is 0 Å². The van der Waals surface area contributed by atoms with Gasteiger partial charge in [0.15, 0.2) is 0 Å². The number of carbonyl (C=O) groups excluding carboxylic acids is 1. The lowest BCUT2D eigenvalue weighted by Gasteiger charge is -2.35. The molecule has 1 amide bonds. The zero-order valence-corrected chi connectivity index (χ0v) is 11.6. The quantitative estimate of drug-likeness (QED) is 0.736. The van der Waals surface area contributed by atoms with E-state index >= 15 is 0 Å². The fraction of sp³-hybridized carbons (Fsp3) is 0.917. The van der Waals surface area contributed by atoms with Gasteiger partial charge in [-0.3, -0.25) is 4.79 Å². The molecule has 1 aliphatic heterocycles. The Bertz CT molecular complexity index is 235. The van der Waals surface area contributed by atoms with Gasteiger partial charge in [-0.15, -0.1) is 0 Å². The van der Waals surface area contributed by atoms with E-state index in [4.69, 9.17) is 0 Å². The molecule has 1 unspecified atom stereocenters. The first-order valence-corrected chi connectivity index (χ1v) is 6.56. The summed E-state index contributed by atoms with van der Waals surface area (Å²) in [6.45, 7) is 11.6. The molecular formula is C12H26N4O. The summed E-state index contributed by atoms with van der Waals surface area (Å²) in [6.07, 6.45) is 0. The molecule has 1 heterocycles. The van der Waals surface area contributed by atoms with Crippen LogP contribution in [0.3, 0.4) is 0 Å². The summed E-state index contributed by atoms with van der Waals surface area (Å²) in [7, 11) is 2.13. The third kappa shape index (κ3) is 4.26. The fourth-order valence-corrected chi connectivity index (χ4v) is 2.07. The zero-order chi connectivity index (χ0) is 12.8. The molecule has 0 aromatic rings. The maximum Gasteiger partial charge on any atom is 0.240 e. The topological polar surface area (TPSA) is 38.8 Å². The van der Waals surface area contributed by atoms with Crippen molar-refractivity contribution in [3.05, 3.63) is 0 Å². The number of nitrogens with zero attached hydrogens (tertiary/aromatic N) is 3. The van der Waals surface area contributed by atoms with E-state index in [0.29, 0.717) is 0 Å². The smallest absolute Gasteiger partial charge is 0.240 e. The Morgan fingerprint density at radius 3 is 2.24 bits per heavy atom. The predicted molar refractivity (Wildman–Crippen MR) is 69.6 cm³/mol. The molecule has 17 heavy (non-hydrogen) atoms. The van der Waals surface area contributed by atoms with E-state index in [1.807, 2.05) is 25.7 Å². The Hall–Kier alpha value is -0.650. The van der Waals surface area contributed by atoms with Crippen molar-refractivity contribution in [1.29, 1.82) is 0 Å². The first-order valence-electron chi connectivity index (χ1n) is 6.56. The number of likely N-dealkylation sites (N-methyl/N-ethyl adjacent to an activating group) is 2. The minimum Gasteiger partial charge on any atom is -0.342 e. The highest BCUT2D eigenvalue weighted by molar-refractivity contribution is 5.81. The molecule has 1 N–H and O–H groups in total. The van der Waals surface area contributed by atoms with Gasteiger partial charge in [0.05, 0.1) is 6.04 Å². The van der Waals surface area contributed by atoms with E-state index < -0.39 is 0 Å². The van der Waals surface area contributed by atoms with E-state index in [0.717, 1.165) is 39.3 Å². The molecule has 1 rings (SSSR count). The van der Waals surface area contributed by atoms with Crippen LogP contribution < -0.4 is 5.43 Å². The third-order valence-electron chi connectivity index (χ3n) is 3.33. The van der Waals surface area contributed by atoms with Gasteiger partial charge in [-0.2, -0.15) is 0 Å². The van der Waals surface area contributed by atoms with Crippen LogP contribution in [0.4, 0.5) is 0 Å². The lowest BCUT2D eigenvalue weighted by molar-refractivity contribution is -0.134. The van der Waals surface area contributed by atoms with Crippen molar-refractivity contribution >= 4 is 5.91 Å². The van der Waals surface area contributed by atoms with Gasteiger partial charge in [0.1, 0.15) is 0 Å². The van der Waals surface area contributed by atoms with Crippen molar-refractivity contribution in [2.45, 2.75) is 26.8 Å². The number of amides is 1. The number of hydrogen-bond donors (Lipinski definition) is 1. The normalized spacial score (nSPS) is 20.2. The monoisotopic (exact) mass is 242 g/mol. The minimum atomic E-state index is -0.127. The maximum atomic E-state index is 12.1. The number of rotatable bonds is 5. The molecule has 1 aliphatic rings. The van der Waals surface area contributed by atoms with Crippen molar-refractivity contribution in [3.8, 4) is 0 Å². The Labute approximate surface area is 105 Å². The van der Waals surface area contributed by atoms with E-state index in [-0.39, 0.29) is 11.9 Å². The Morgan fingerprint density at radius 1 is 1.24 bits per heavy atom. The van der Waals surface area contributed by atoms with Crippen LogP contribution in [-0.4, -0.2) is 73.1 Å². The summed E-state index contributed by atoms with van der Waals surface area (Å²) in [6, 6.07) is -0.127. The summed E-state index contributed by atoms with van der Waals surface area (Å²) in [5, 5.41) is 2.16. The average molecular weight is 242 g/mol. The zero-order valence-electron chi connectivity index (χ0n) is 11.6. The van der Waals surface area contributed by atoms with Gasteiger partial charge in [0.2, 0.25) is 5.91 Å². The Balaban J connectivity index is 2.37. The molecule has 0 spiro atoms. The Kier molecular flexibility index (Phi) is 5.88. The summed E-state index contributed by atoms with van der Waals surface area (Å²) in [4.78, 5) is 16.2. The molecule has 5 nitrogen and oxygen atoms in total. The molecule has 0 radical (unpaired) electrons. The summed E-state index contributed by atoms with van der Waals surface area (Å²) < 4.78 is 0. The molecule has 0 aromatic heterocycles. The summed E-state index contributed by atoms with van der Waals surface area (Å²) in [5.41, 5.74) is 3.30. The van der Waals surface area contributed by atoms with Crippen LogP contribution in [0.1, 0.15) is 20.8 Å². The van der Waals surface area contributed by atoms with Crippen LogP contribution in [0.25, 0.3) is 0 Å². The molecule has 1 saturated heterocycles. The number of hydrazine groups is 1. The van der Waals surface area contributed by atoms with Gasteiger partial charge < -0.3 is 9.80 Å². The first kappa shape index (κ1) is 14.4. The molecule has 0 aliphatic carbocycles. The van der Waals surface area contributed by atoms with Gasteiger partial charge in [-0.1, -0.05) is 0 Å². The molecule has 1 atom stereocenters. The first-order chi connectivity index (χ1) is 8.08. The van der Waals surface area contributed by atoms with Crippen molar-refractivity contribution in [1.82, 2.24) is 20.2 Å². The average Bonchev–Trinajstić information content (AvgIpc) is 2.33. The standard InChI is InChI=1S/C12H26N4O/c1-5-15(6-2)12(17)11(3)13-16-9-7-14(4)8-10-16/h11,13H,5-10H2,1-4H3. The van der Waals surface area contributed by atoms with Crippen LogP contribution in [0.5, 0.6) is 0 Å². The van der Waals surface area contributed by atoms with Gasteiger partial charge in [-0.05, 0) is 27.8 Å². The highest BCUT2D eigenvalue weighted by Gasteiger charge is 2.21. The fourth-order valence-electron chi connectivity index (χ4n) is 2.07. The maximum absolute atomic E-state index is 12.1. The van der Waals surface area contributed by atoms with Crippen molar-refractivity contribution < 1.29 is 4.79 Å². The van der Waals surface area contributed by atoms with Crippen LogP contribution in [-0.2, 0) is 4.79 Å². The summed E-state index contributed by atoms with van der Waals surface area (Å²) >= 11 is 0. The van der Waals surface area contributed by atoms with E-state index in [1.165, 1.54) is 0 Å². The van der Waals surface area contributed by atoms with Gasteiger partial charge in [0.25, 0.3) is 0 Å². The summed E-state index contributed by atoms with van der Waals surface area (Å²) in [5.74, 6) is 0.189. The van der Waals surface area contributed by atoms with Gasteiger partial charge in [-0.25, -0.2) is 10.4 Å². The van der Waals surface area contributed by atoms with Gasteiger partial charge >= 0.3 is 0 Å². The largest absolute Gasteiger partial charge is 0.342 e. The lowest BCUT2D eigenvalue weighted by Crippen LogP contribution is -2.56. The Morgan fingerprint density at radius 2 is 1.76 bits per heavy atom. The van der Waals surface area contributed by atoms with Crippen LogP contribution in [0, 0.1) is 0 Å². The number of hydrogen-bond acceptors (Lipinski definition) is 4. The molecular weight excluding hydrogens is 216 g/mol. The van der Waals surface area contributed by atoms with Crippen LogP contribution in [0.2, 0.25) is 0 Å². The molecule has 0 saturated carbocycles. The minimum absolute atomic E-state index is 0.127. The number of carbonyl (C=O) groups is 1. The molecule has 100 valence electrons. The van der Waals surface area contributed by atoms with Crippen molar-refractivity contribution in [2.24, 2.45) is 0 Å². The number of nitrogens with one attached hydrogen (secondary N) is 1. The molecule has 0 bridgehead atoms. The SMILES string of the molecule is CCN(CC)C(=O)C(C)NN1CCN(C)CC1. The number of piperazine rings is 1.